The van der Waals surface area contributed by atoms with E-state index in [0.717, 1.165) is 23.2 Å². The monoisotopic (exact) mass is 364 g/mol. The number of thioether (sulfide) groups is 1. The second kappa shape index (κ2) is 7.14. The number of aromatic amines is 2. The first-order chi connectivity index (χ1) is 11.6. The summed E-state index contributed by atoms with van der Waals surface area (Å²) in [5.74, 6) is 1.32. The highest BCUT2D eigenvalue weighted by Crippen LogP contribution is 2.23. The third-order valence-corrected chi connectivity index (χ3v) is 4.64. The molecule has 0 aliphatic carbocycles. The topological polar surface area (TPSA) is 112 Å². The molecule has 126 valence electrons. The van der Waals surface area contributed by atoms with Crippen LogP contribution in [0.4, 0.5) is 5.82 Å². The van der Waals surface area contributed by atoms with Crippen LogP contribution < -0.4 is 11.1 Å². The van der Waals surface area contributed by atoms with E-state index in [1.165, 1.54) is 0 Å². The molecule has 0 aliphatic heterocycles. The van der Waals surface area contributed by atoms with E-state index in [-0.39, 0.29) is 28.5 Å². The van der Waals surface area contributed by atoms with Gasteiger partial charge in [0.2, 0.25) is 0 Å². The fourth-order valence-electron chi connectivity index (χ4n) is 2.37. The molecule has 24 heavy (non-hydrogen) atoms. The third-order valence-electron chi connectivity index (χ3n) is 3.61. The van der Waals surface area contributed by atoms with Crippen molar-refractivity contribution in [3.05, 3.63) is 40.8 Å². The molecule has 5 N–H and O–H groups in total. The Hall–Kier alpha value is -2.19. The maximum absolute atomic E-state index is 12.5. The van der Waals surface area contributed by atoms with Crippen LogP contribution in [0.5, 0.6) is 0 Å². The number of aromatic nitrogens is 4. The summed E-state index contributed by atoms with van der Waals surface area (Å²) < 4.78 is 0. The maximum atomic E-state index is 12.5. The van der Waals surface area contributed by atoms with Crippen LogP contribution in [-0.2, 0) is 0 Å². The highest BCUT2D eigenvalue weighted by atomic mass is 35.5. The first-order valence-corrected chi connectivity index (χ1v) is 9.11. The molecular formula is C15H17ClN6OS. The number of imidazole rings is 1. The number of nitrogen functional groups attached to an aromatic ring is 1. The van der Waals surface area contributed by atoms with Crippen molar-refractivity contribution >= 4 is 46.1 Å². The molecule has 0 spiro atoms. The molecule has 1 aromatic carbocycles. The van der Waals surface area contributed by atoms with Gasteiger partial charge in [0.1, 0.15) is 16.5 Å². The molecule has 0 saturated carbocycles. The number of rotatable bonds is 6. The van der Waals surface area contributed by atoms with Gasteiger partial charge in [-0.05, 0) is 30.6 Å². The van der Waals surface area contributed by atoms with Crippen LogP contribution in [0.15, 0.2) is 24.3 Å². The van der Waals surface area contributed by atoms with E-state index in [4.69, 9.17) is 17.3 Å². The van der Waals surface area contributed by atoms with E-state index in [1.54, 1.807) is 11.8 Å². The van der Waals surface area contributed by atoms with Crippen molar-refractivity contribution in [2.45, 2.75) is 12.5 Å². The van der Waals surface area contributed by atoms with Crippen LogP contribution >= 0.6 is 23.4 Å². The molecular weight excluding hydrogens is 348 g/mol. The summed E-state index contributed by atoms with van der Waals surface area (Å²) in [6.45, 7) is 0. The Kier molecular flexibility index (Phi) is 4.96. The normalized spacial score (nSPS) is 12.4. The molecule has 0 radical (unpaired) electrons. The molecule has 0 bridgehead atoms. The van der Waals surface area contributed by atoms with E-state index >= 15 is 0 Å². The number of benzene rings is 1. The van der Waals surface area contributed by atoms with Gasteiger partial charge in [-0.2, -0.15) is 16.9 Å². The minimum Gasteiger partial charge on any atom is -0.381 e. The van der Waals surface area contributed by atoms with Crippen molar-refractivity contribution in [1.82, 2.24) is 25.5 Å². The van der Waals surface area contributed by atoms with Gasteiger partial charge in [0.25, 0.3) is 5.91 Å². The molecule has 0 fully saturated rings. The number of anilines is 1. The minimum atomic E-state index is -0.365. The average Bonchev–Trinajstić information content (AvgIpc) is 3.15. The van der Waals surface area contributed by atoms with Gasteiger partial charge in [0.15, 0.2) is 5.82 Å². The summed E-state index contributed by atoms with van der Waals surface area (Å²) in [6.07, 6.45) is 2.75. The zero-order valence-electron chi connectivity index (χ0n) is 13.0. The van der Waals surface area contributed by atoms with E-state index in [0.29, 0.717) is 5.82 Å². The lowest BCUT2D eigenvalue weighted by Crippen LogP contribution is -2.30. The number of H-pyrrole nitrogens is 2. The summed E-state index contributed by atoms with van der Waals surface area (Å²) >= 11 is 7.70. The lowest BCUT2D eigenvalue weighted by Gasteiger charge is -2.15. The Labute approximate surface area is 147 Å². The summed E-state index contributed by atoms with van der Waals surface area (Å²) in [5.41, 5.74) is 7.52. The van der Waals surface area contributed by atoms with Crippen LogP contribution in [0.25, 0.3) is 11.0 Å². The van der Waals surface area contributed by atoms with E-state index in [9.17, 15) is 4.79 Å². The highest BCUT2D eigenvalue weighted by Gasteiger charge is 2.22. The Balaban J connectivity index is 1.85. The number of nitrogens with one attached hydrogen (secondary N) is 3. The summed E-state index contributed by atoms with van der Waals surface area (Å²) in [4.78, 5) is 20.3. The second-order valence-corrected chi connectivity index (χ2v) is 6.61. The Morgan fingerprint density at radius 2 is 2.25 bits per heavy atom. The van der Waals surface area contributed by atoms with Gasteiger partial charge in [0.05, 0.1) is 17.1 Å². The van der Waals surface area contributed by atoms with Gasteiger partial charge in [0, 0.05) is 0 Å². The van der Waals surface area contributed by atoms with Crippen LogP contribution in [0, 0.1) is 0 Å². The van der Waals surface area contributed by atoms with Gasteiger partial charge in [-0.1, -0.05) is 23.7 Å². The van der Waals surface area contributed by atoms with Crippen molar-refractivity contribution in [3.63, 3.8) is 0 Å². The van der Waals surface area contributed by atoms with E-state index in [1.807, 2.05) is 30.5 Å². The van der Waals surface area contributed by atoms with E-state index < -0.39 is 0 Å². The predicted octanol–water partition coefficient (Wildman–Crippen LogP) is 2.75. The Bertz CT molecular complexity index is 828. The molecule has 3 aromatic rings. The molecule has 3 rings (SSSR count). The molecule has 9 heteroatoms. The smallest absolute Gasteiger partial charge is 0.271 e. The maximum Gasteiger partial charge on any atom is 0.271 e. The fourth-order valence-corrected chi connectivity index (χ4v) is 3.02. The first kappa shape index (κ1) is 16.7. The van der Waals surface area contributed by atoms with Gasteiger partial charge in [-0.3, -0.25) is 9.89 Å². The zero-order chi connectivity index (χ0) is 17.1. The van der Waals surface area contributed by atoms with Crippen molar-refractivity contribution in [1.29, 1.82) is 0 Å². The molecule has 0 saturated heterocycles. The molecule has 2 aromatic heterocycles. The number of carbonyl (C=O) groups excluding carboxylic acids is 1. The number of halogens is 1. The lowest BCUT2D eigenvalue weighted by atomic mass is 10.2. The fraction of sp³-hybridized carbons (Fsp3) is 0.267. The SMILES string of the molecule is CSCC[C@H](NC(=O)c1[nH]nc(N)c1Cl)c1nc2ccccc2[nH]1. The number of nitrogens with two attached hydrogens (primary N) is 1. The number of fused-ring (bicyclic) bond motifs is 1. The predicted molar refractivity (Wildman–Crippen MR) is 97.3 cm³/mol. The number of amides is 1. The van der Waals surface area contributed by atoms with Crippen LogP contribution in [-0.4, -0.2) is 38.1 Å². The van der Waals surface area contributed by atoms with Gasteiger partial charge >= 0.3 is 0 Å². The van der Waals surface area contributed by atoms with E-state index in [2.05, 4.69) is 25.5 Å². The minimum absolute atomic E-state index is 0.103. The molecule has 1 amide bonds. The van der Waals surface area contributed by atoms with Crippen molar-refractivity contribution in [3.8, 4) is 0 Å². The molecule has 0 aliphatic rings. The van der Waals surface area contributed by atoms with Crippen molar-refractivity contribution in [2.24, 2.45) is 0 Å². The van der Waals surface area contributed by atoms with Crippen molar-refractivity contribution in [2.75, 3.05) is 17.7 Å². The number of carbonyl (C=O) groups is 1. The molecule has 2 heterocycles. The molecule has 1 atom stereocenters. The second-order valence-electron chi connectivity index (χ2n) is 5.24. The number of nitrogens with zero attached hydrogens (tertiary/aromatic N) is 2. The highest BCUT2D eigenvalue weighted by molar-refractivity contribution is 7.98. The standard InChI is InChI=1S/C15H17ClN6OS/c1-24-7-6-10(14-18-8-4-2-3-5-9(8)19-14)20-15(23)12-11(16)13(17)22-21-12/h2-5,10H,6-7H2,1H3,(H,18,19)(H,20,23)(H3,17,21,22)/t10-/m0/s1. The number of hydrogen-bond donors (Lipinski definition) is 4. The third kappa shape index (κ3) is 3.34. The first-order valence-electron chi connectivity index (χ1n) is 7.34. The summed E-state index contributed by atoms with van der Waals surface area (Å²) in [7, 11) is 0. The van der Waals surface area contributed by atoms with Gasteiger partial charge < -0.3 is 16.0 Å². The summed E-state index contributed by atoms with van der Waals surface area (Å²) in [5, 5.41) is 9.37. The largest absolute Gasteiger partial charge is 0.381 e. The van der Waals surface area contributed by atoms with Crippen molar-refractivity contribution < 1.29 is 4.79 Å². The van der Waals surface area contributed by atoms with Crippen LogP contribution in [0.3, 0.4) is 0 Å². The quantitative estimate of drug-likeness (QED) is 0.537. The molecule has 7 nitrogen and oxygen atoms in total. The summed E-state index contributed by atoms with van der Waals surface area (Å²) in [6, 6.07) is 7.47. The number of para-hydroxylation sites is 2. The van der Waals surface area contributed by atoms with Crippen LogP contribution in [0.2, 0.25) is 5.02 Å². The average molecular weight is 365 g/mol. The zero-order valence-corrected chi connectivity index (χ0v) is 14.5. The Morgan fingerprint density at radius 1 is 1.46 bits per heavy atom. The number of hydrogen-bond acceptors (Lipinski definition) is 5. The lowest BCUT2D eigenvalue weighted by molar-refractivity contribution is 0.0929. The van der Waals surface area contributed by atoms with Gasteiger partial charge in [-0.25, -0.2) is 4.98 Å². The van der Waals surface area contributed by atoms with Gasteiger partial charge in [-0.15, -0.1) is 0 Å². The van der Waals surface area contributed by atoms with Crippen LogP contribution in [0.1, 0.15) is 28.8 Å². The molecule has 0 unspecified atom stereocenters. The Morgan fingerprint density at radius 3 is 2.92 bits per heavy atom.